The van der Waals surface area contributed by atoms with E-state index < -0.39 is 0 Å². The van der Waals surface area contributed by atoms with E-state index in [4.69, 9.17) is 0 Å². The number of H-pyrrole nitrogens is 1. The van der Waals surface area contributed by atoms with E-state index in [-0.39, 0.29) is 6.03 Å². The van der Waals surface area contributed by atoms with E-state index in [1.54, 1.807) is 16.7 Å². The zero-order valence-electron chi connectivity index (χ0n) is 15.1. The quantitative estimate of drug-likeness (QED) is 0.678. The summed E-state index contributed by atoms with van der Waals surface area (Å²) in [6.07, 6.45) is 3.59. The lowest BCUT2D eigenvalue weighted by Crippen LogP contribution is -2.39. The number of nitrogens with one attached hydrogen (secondary N) is 2. The number of nitrogens with zero attached hydrogens (tertiary/aromatic N) is 3. The van der Waals surface area contributed by atoms with Crippen molar-refractivity contribution in [1.82, 2.24) is 20.1 Å². The fraction of sp³-hybridized carbons (Fsp3) is 0.250. The van der Waals surface area contributed by atoms with E-state index >= 15 is 0 Å². The molecule has 6 nitrogen and oxygen atoms in total. The molecule has 1 aromatic heterocycles. The lowest BCUT2D eigenvalue weighted by atomic mass is 10.0. The predicted octanol–water partition coefficient (Wildman–Crippen LogP) is 3.71. The molecular weight excluding hydrogens is 358 g/mol. The summed E-state index contributed by atoms with van der Waals surface area (Å²) in [6.45, 7) is 1.30. The number of fused-ring (bicyclic) bond motifs is 1. The first-order valence-electron chi connectivity index (χ1n) is 8.88. The van der Waals surface area contributed by atoms with Crippen LogP contribution in [0.5, 0.6) is 0 Å². The second-order valence-electron chi connectivity index (χ2n) is 6.50. The second kappa shape index (κ2) is 7.84. The van der Waals surface area contributed by atoms with Gasteiger partial charge >= 0.3 is 6.03 Å². The maximum atomic E-state index is 12.6. The zero-order valence-corrected chi connectivity index (χ0v) is 15.9. The van der Waals surface area contributed by atoms with Gasteiger partial charge in [-0.15, -0.1) is 16.9 Å². The number of carbonyl (C=O) groups is 1. The summed E-state index contributed by atoms with van der Waals surface area (Å²) in [5, 5.41) is 9.81. The van der Waals surface area contributed by atoms with E-state index in [0.29, 0.717) is 25.5 Å². The maximum Gasteiger partial charge on any atom is 0.324 e. The van der Waals surface area contributed by atoms with Gasteiger partial charge in [0.25, 0.3) is 0 Å². The number of aromatic nitrogens is 3. The van der Waals surface area contributed by atoms with Gasteiger partial charge in [0.05, 0.1) is 0 Å². The van der Waals surface area contributed by atoms with Crippen LogP contribution in [0.25, 0.3) is 0 Å². The average Bonchev–Trinajstić information content (AvgIpc) is 3.14. The summed E-state index contributed by atoms with van der Waals surface area (Å²) in [4.78, 5) is 20.0. The highest BCUT2D eigenvalue weighted by molar-refractivity contribution is 7.98. The summed E-state index contributed by atoms with van der Waals surface area (Å²) in [5.41, 5.74) is 3.67. The summed E-state index contributed by atoms with van der Waals surface area (Å²) < 4.78 is 0. The summed E-state index contributed by atoms with van der Waals surface area (Å²) in [7, 11) is 0. The Balaban J connectivity index is 1.38. The third kappa shape index (κ3) is 4.14. The standard InChI is InChI=1S/C20H21N5OS/c1-27-17-8-7-16-13-25(10-9-15(16)12-17)20(26)22-19-21-18(23-24-19)11-14-5-3-2-4-6-14/h2-8,12H,9-11,13H2,1H3,(H2,21,22,23,24,26). The average molecular weight is 379 g/mol. The minimum absolute atomic E-state index is 0.167. The molecule has 0 bridgehead atoms. The first-order valence-corrected chi connectivity index (χ1v) is 10.1. The summed E-state index contributed by atoms with van der Waals surface area (Å²) in [5.74, 6) is 1.04. The van der Waals surface area contributed by atoms with Crippen molar-refractivity contribution in [3.8, 4) is 0 Å². The molecule has 1 aliphatic rings. The smallest absolute Gasteiger partial charge is 0.320 e. The Morgan fingerprint density at radius 3 is 2.89 bits per heavy atom. The SMILES string of the molecule is CSc1ccc2c(c1)CCN(C(=O)Nc1n[nH]c(Cc3ccccc3)n1)C2. The normalized spacial score (nSPS) is 13.3. The molecule has 2 heterocycles. The van der Waals surface area contributed by atoms with E-state index in [0.717, 1.165) is 17.8 Å². The molecule has 0 fully saturated rings. The fourth-order valence-electron chi connectivity index (χ4n) is 3.22. The van der Waals surface area contributed by atoms with Crippen LogP contribution in [0.1, 0.15) is 22.5 Å². The molecular formula is C20H21N5OS. The van der Waals surface area contributed by atoms with Crippen molar-refractivity contribution in [2.75, 3.05) is 18.1 Å². The van der Waals surface area contributed by atoms with Crippen LogP contribution in [0, 0.1) is 0 Å². The molecule has 138 valence electrons. The van der Waals surface area contributed by atoms with Crippen LogP contribution in [-0.2, 0) is 19.4 Å². The third-order valence-corrected chi connectivity index (χ3v) is 5.40. The van der Waals surface area contributed by atoms with Gasteiger partial charge in [-0.05, 0) is 41.5 Å². The molecule has 3 aromatic rings. The van der Waals surface area contributed by atoms with Crippen molar-refractivity contribution in [1.29, 1.82) is 0 Å². The van der Waals surface area contributed by atoms with Gasteiger partial charge in [0.1, 0.15) is 5.82 Å². The second-order valence-corrected chi connectivity index (χ2v) is 7.38. The third-order valence-electron chi connectivity index (χ3n) is 4.68. The Labute approximate surface area is 162 Å². The molecule has 0 atom stereocenters. The van der Waals surface area contributed by atoms with E-state index in [2.05, 4.69) is 45.0 Å². The van der Waals surface area contributed by atoms with Gasteiger partial charge < -0.3 is 4.90 Å². The number of rotatable bonds is 4. The molecule has 0 spiro atoms. The van der Waals surface area contributed by atoms with Crippen LogP contribution >= 0.6 is 11.8 Å². The van der Waals surface area contributed by atoms with Gasteiger partial charge in [-0.2, -0.15) is 4.98 Å². The number of hydrogen-bond donors (Lipinski definition) is 2. The molecule has 1 aliphatic heterocycles. The number of amides is 2. The summed E-state index contributed by atoms with van der Waals surface area (Å²) in [6, 6.07) is 16.3. The van der Waals surface area contributed by atoms with E-state index in [1.165, 1.54) is 16.0 Å². The van der Waals surface area contributed by atoms with E-state index in [1.807, 2.05) is 30.3 Å². The highest BCUT2D eigenvalue weighted by Crippen LogP contribution is 2.24. The monoisotopic (exact) mass is 379 g/mol. The minimum atomic E-state index is -0.167. The van der Waals surface area contributed by atoms with E-state index in [9.17, 15) is 4.79 Å². The van der Waals surface area contributed by atoms with Crippen molar-refractivity contribution in [2.45, 2.75) is 24.3 Å². The molecule has 0 saturated carbocycles. The lowest BCUT2D eigenvalue weighted by Gasteiger charge is -2.28. The Morgan fingerprint density at radius 2 is 2.07 bits per heavy atom. The van der Waals surface area contributed by atoms with Crippen LogP contribution < -0.4 is 5.32 Å². The van der Waals surface area contributed by atoms with Gasteiger partial charge in [0.2, 0.25) is 5.95 Å². The van der Waals surface area contributed by atoms with Crippen LogP contribution in [0.2, 0.25) is 0 Å². The zero-order chi connectivity index (χ0) is 18.6. The molecule has 2 amide bonds. The highest BCUT2D eigenvalue weighted by atomic mass is 32.2. The number of hydrogen-bond acceptors (Lipinski definition) is 4. The Kier molecular flexibility index (Phi) is 5.11. The minimum Gasteiger partial charge on any atom is -0.320 e. The van der Waals surface area contributed by atoms with Crippen LogP contribution in [0.15, 0.2) is 53.4 Å². The first-order chi connectivity index (χ1) is 13.2. The van der Waals surface area contributed by atoms with Gasteiger partial charge in [0, 0.05) is 24.4 Å². The number of anilines is 1. The lowest BCUT2D eigenvalue weighted by molar-refractivity contribution is 0.206. The van der Waals surface area contributed by atoms with Crippen molar-refractivity contribution >= 4 is 23.7 Å². The maximum absolute atomic E-state index is 12.6. The Bertz CT molecular complexity index is 941. The van der Waals surface area contributed by atoms with Gasteiger partial charge in [0.15, 0.2) is 0 Å². The number of aromatic amines is 1. The van der Waals surface area contributed by atoms with Crippen LogP contribution in [0.3, 0.4) is 0 Å². The van der Waals surface area contributed by atoms with Crippen molar-refractivity contribution in [2.24, 2.45) is 0 Å². The van der Waals surface area contributed by atoms with Crippen molar-refractivity contribution in [3.63, 3.8) is 0 Å². The number of thioether (sulfide) groups is 1. The number of carbonyl (C=O) groups excluding carboxylic acids is 1. The molecule has 7 heteroatoms. The molecule has 0 unspecified atom stereocenters. The Hall–Kier alpha value is -2.80. The predicted molar refractivity (Wildman–Crippen MR) is 107 cm³/mol. The molecule has 0 saturated heterocycles. The Morgan fingerprint density at radius 1 is 1.22 bits per heavy atom. The largest absolute Gasteiger partial charge is 0.324 e. The fourth-order valence-corrected chi connectivity index (χ4v) is 3.69. The van der Waals surface area contributed by atoms with Crippen LogP contribution in [-0.4, -0.2) is 38.9 Å². The molecule has 2 aromatic carbocycles. The molecule has 2 N–H and O–H groups in total. The first kappa shape index (κ1) is 17.6. The van der Waals surface area contributed by atoms with Crippen molar-refractivity contribution in [3.05, 3.63) is 71.0 Å². The van der Waals surface area contributed by atoms with Gasteiger partial charge in [-0.25, -0.2) is 4.79 Å². The summed E-state index contributed by atoms with van der Waals surface area (Å²) >= 11 is 1.74. The van der Waals surface area contributed by atoms with Gasteiger partial charge in [-0.1, -0.05) is 36.4 Å². The van der Waals surface area contributed by atoms with Crippen LogP contribution in [0.4, 0.5) is 10.7 Å². The number of benzene rings is 2. The number of urea groups is 1. The van der Waals surface area contributed by atoms with Crippen molar-refractivity contribution < 1.29 is 4.79 Å². The highest BCUT2D eigenvalue weighted by Gasteiger charge is 2.22. The molecule has 27 heavy (non-hydrogen) atoms. The molecule has 0 radical (unpaired) electrons. The molecule has 4 rings (SSSR count). The topological polar surface area (TPSA) is 73.9 Å². The van der Waals surface area contributed by atoms with Gasteiger partial charge in [-0.3, -0.25) is 10.4 Å². The molecule has 0 aliphatic carbocycles.